The summed E-state index contributed by atoms with van der Waals surface area (Å²) in [6, 6.07) is 45.1. The van der Waals surface area contributed by atoms with Crippen LogP contribution in [0.3, 0.4) is 0 Å². The predicted octanol–water partition coefficient (Wildman–Crippen LogP) is 13.9. The molecule has 0 aliphatic carbocycles. The second-order valence-electron chi connectivity index (χ2n) is 30.3. The zero-order valence-corrected chi connectivity index (χ0v) is 64.9. The van der Waals surface area contributed by atoms with Crippen LogP contribution in [0.5, 0.6) is 0 Å². The lowest BCUT2D eigenvalue weighted by atomic mass is 9.97. The number of fused-ring (bicyclic) bond motifs is 2. The number of carbonyl (C=O) groups excluding carboxylic acids is 3. The summed E-state index contributed by atoms with van der Waals surface area (Å²) in [5.74, 6) is 0.944. The van der Waals surface area contributed by atoms with Crippen LogP contribution in [0.4, 0.5) is 4.79 Å². The second kappa shape index (κ2) is 35.4. The minimum atomic E-state index is -0.585. The van der Waals surface area contributed by atoms with Crippen LogP contribution in [0.2, 0.25) is 0 Å². The van der Waals surface area contributed by atoms with E-state index < -0.39 is 5.60 Å². The summed E-state index contributed by atoms with van der Waals surface area (Å²) in [6.07, 6.45) is 16.3. The Kier molecular flexibility index (Phi) is 25.0. The Bertz CT molecular complexity index is 4850. The lowest BCUT2D eigenvalue weighted by Crippen LogP contribution is -2.39. The van der Waals surface area contributed by atoms with Crippen LogP contribution in [0.15, 0.2) is 165 Å². The van der Waals surface area contributed by atoms with Gasteiger partial charge in [0.2, 0.25) is 0 Å². The smallest absolute Gasteiger partial charge is 0.410 e. The lowest BCUT2D eigenvalue weighted by molar-refractivity contribution is -0.0365. The van der Waals surface area contributed by atoms with E-state index in [2.05, 4.69) is 197 Å². The molecule has 4 aliphatic heterocycles. The molecule has 4 unspecified atom stereocenters. The van der Waals surface area contributed by atoms with E-state index in [4.69, 9.17) is 19.6 Å². The topological polar surface area (TPSA) is 243 Å². The maximum absolute atomic E-state index is 13.8. The van der Waals surface area contributed by atoms with Crippen molar-refractivity contribution in [2.24, 2.45) is 0 Å². The van der Waals surface area contributed by atoms with E-state index in [1.165, 1.54) is 47.3 Å². The van der Waals surface area contributed by atoms with Gasteiger partial charge in [-0.1, -0.05) is 110 Å². The number of likely N-dealkylation sites (N-methyl/N-ethyl adjacent to an activating group) is 3. The maximum Gasteiger partial charge on any atom is 0.410 e. The predicted molar refractivity (Wildman–Crippen MR) is 429 cm³/mol. The van der Waals surface area contributed by atoms with Crippen molar-refractivity contribution in [3.8, 4) is 45.3 Å². The fraction of sp³-hybridized carbons (Fsp3) is 0.407. The number of aromatic amines is 3. The first-order valence-electron chi connectivity index (χ1n) is 38.7. The number of nitrogens with one attached hydrogen (secondary N) is 5. The van der Waals surface area contributed by atoms with Crippen molar-refractivity contribution in [2.45, 2.75) is 150 Å². The summed E-state index contributed by atoms with van der Waals surface area (Å²) in [5.41, 5.74) is 15.9. The van der Waals surface area contributed by atoms with Gasteiger partial charge in [0.1, 0.15) is 28.4 Å². The van der Waals surface area contributed by atoms with Gasteiger partial charge >= 0.3 is 6.09 Å². The van der Waals surface area contributed by atoms with Crippen LogP contribution < -0.4 is 10.6 Å². The Balaban J connectivity index is 0.000000166. The lowest BCUT2D eigenvalue weighted by Gasteiger charge is -2.27. The highest BCUT2D eigenvalue weighted by molar-refractivity contribution is 5.98. The molecule has 109 heavy (non-hydrogen) atoms. The number of imidazole rings is 2. The summed E-state index contributed by atoms with van der Waals surface area (Å²) in [4.78, 5) is 77.9. The fourth-order valence-electron chi connectivity index (χ4n) is 15.2. The summed E-state index contributed by atoms with van der Waals surface area (Å²) in [6.45, 7) is 26.0. The molecule has 4 aliphatic rings. The fourth-order valence-corrected chi connectivity index (χ4v) is 15.2. The number of ether oxygens (including phenoxy) is 2. The molecule has 23 nitrogen and oxygen atoms in total. The monoisotopic (exact) mass is 1470 g/mol. The number of hydrogen-bond acceptors (Lipinski definition) is 16. The molecule has 570 valence electrons. The quantitative estimate of drug-likeness (QED) is 0.0424. The van der Waals surface area contributed by atoms with E-state index in [1.807, 2.05) is 99.3 Å². The van der Waals surface area contributed by atoms with E-state index in [0.717, 1.165) is 146 Å². The van der Waals surface area contributed by atoms with Crippen molar-refractivity contribution < 1.29 is 23.9 Å². The largest absolute Gasteiger partial charge is 0.444 e. The molecular weight excluding hydrogens is 1370 g/mol. The van der Waals surface area contributed by atoms with Gasteiger partial charge in [0.25, 0.3) is 11.8 Å². The zero-order chi connectivity index (χ0) is 76.1. The molecule has 15 rings (SSSR count). The number of hydrogen-bond donors (Lipinski definition) is 5. The summed E-state index contributed by atoms with van der Waals surface area (Å²) in [7, 11) is 5.82. The Labute approximate surface area is 640 Å². The normalized spacial score (nSPS) is 17.6. The standard InChI is InChI=1S/C42H52N8O4.C32H36N8O.C12H18N2/c1-7-49(41(52)54-42(3,4)5)26-31-22-43-23-34(28(31)2)30-16-17-36-33(21-30)38(46-50(36)37-15-11-12-20-53-37)39-44-24-35(45-39)40(51)47(6)32-18-19-48(27-32)25-29-13-9-8-10-14-29;1-4-33-15-24-16-34-17-27(21(24)2)23-10-11-28-26(14-23)30(38-37-28)31-35-18-29(36-31)32(41)39(3)25-12-13-40(20-25)19-22-8-6-5-7-9-22;1-13-12-7-8-14(10-12)9-11-5-3-2-4-6-11/h8-10,13-14,16-17,21-24,32,37H,7,11-12,15,18-20,25-27H2,1-6H3,(H,44,45);5-11,14,16-18,25,33H,4,12-13,15,19-20H2,1-3H3,(H,35,36)(H,37,38);2-6,12-13H,7-10H2,1H3. The first-order chi connectivity index (χ1) is 52.9. The highest BCUT2D eigenvalue weighted by Crippen LogP contribution is 2.38. The van der Waals surface area contributed by atoms with Crippen molar-refractivity contribution in [1.29, 1.82) is 0 Å². The third-order valence-corrected chi connectivity index (χ3v) is 21.6. The number of amides is 3. The number of aromatic nitrogens is 10. The number of likely N-dealkylation sites (tertiary alicyclic amines) is 3. The van der Waals surface area contributed by atoms with Crippen LogP contribution in [0.1, 0.15) is 139 Å². The van der Waals surface area contributed by atoms with Gasteiger partial charge in [-0.15, -0.1) is 0 Å². The molecular formula is C86H106N18O5. The Morgan fingerprint density at radius 2 is 1.15 bits per heavy atom. The van der Waals surface area contributed by atoms with Crippen molar-refractivity contribution >= 4 is 39.7 Å². The summed E-state index contributed by atoms with van der Waals surface area (Å²) < 4.78 is 13.8. The van der Waals surface area contributed by atoms with Crippen molar-refractivity contribution in [2.75, 3.05) is 80.1 Å². The third-order valence-electron chi connectivity index (χ3n) is 21.6. The van der Waals surface area contributed by atoms with Gasteiger partial charge in [-0.2, -0.15) is 10.2 Å². The molecule has 10 heterocycles. The summed E-state index contributed by atoms with van der Waals surface area (Å²) in [5, 5.41) is 21.3. The number of benzene rings is 5. The van der Waals surface area contributed by atoms with E-state index in [1.54, 1.807) is 17.3 Å². The van der Waals surface area contributed by atoms with Gasteiger partial charge < -0.3 is 44.8 Å². The van der Waals surface area contributed by atoms with Crippen LogP contribution in [0.25, 0.3) is 67.1 Å². The van der Waals surface area contributed by atoms with Crippen LogP contribution in [-0.4, -0.2) is 201 Å². The van der Waals surface area contributed by atoms with Gasteiger partial charge in [-0.25, -0.2) is 19.4 Å². The number of H-pyrrole nitrogens is 3. The molecule has 23 heteroatoms. The maximum atomic E-state index is 13.8. The van der Waals surface area contributed by atoms with Crippen LogP contribution in [0, 0.1) is 13.8 Å². The highest BCUT2D eigenvalue weighted by atomic mass is 16.6. The third kappa shape index (κ3) is 18.7. The average Bonchev–Trinajstić information content (AvgIpc) is 1.61. The average molecular weight is 1470 g/mol. The number of pyridine rings is 2. The molecule has 4 saturated heterocycles. The van der Waals surface area contributed by atoms with Gasteiger partial charge in [0.05, 0.1) is 30.0 Å². The Morgan fingerprint density at radius 3 is 1.68 bits per heavy atom. The van der Waals surface area contributed by atoms with Gasteiger partial charge in [-0.05, 0) is 168 Å². The summed E-state index contributed by atoms with van der Waals surface area (Å²) >= 11 is 0. The van der Waals surface area contributed by atoms with E-state index in [-0.39, 0.29) is 36.2 Å². The molecule has 6 aromatic heterocycles. The van der Waals surface area contributed by atoms with Gasteiger partial charge in [0.15, 0.2) is 17.9 Å². The van der Waals surface area contributed by atoms with Crippen molar-refractivity contribution in [1.82, 2.24) is 89.9 Å². The van der Waals surface area contributed by atoms with Crippen LogP contribution in [-0.2, 0) is 42.2 Å². The molecule has 5 aromatic carbocycles. The van der Waals surface area contributed by atoms with Crippen LogP contribution >= 0.6 is 0 Å². The number of nitrogens with zero attached hydrogens (tertiary/aromatic N) is 13. The molecule has 5 N–H and O–H groups in total. The van der Waals surface area contributed by atoms with E-state index in [0.29, 0.717) is 60.2 Å². The Morgan fingerprint density at radius 1 is 0.615 bits per heavy atom. The molecule has 0 saturated carbocycles. The molecule has 4 atom stereocenters. The molecule has 0 radical (unpaired) electrons. The SMILES string of the molecule is CCN(Cc1cncc(-c2ccc3c(c2)c(-c2ncc(C(=O)N(C)C4CCN(Cc5ccccc5)C4)[nH]2)nn3C2CCCCO2)c1C)C(=O)OC(C)(C)C.CCNCc1cncc(-c2ccc3[nH]nc(-c4ncc(C(=O)N(C)C5CCN(Cc6ccccc6)C5)[nH]4)c3c2)c1C.CNC1CCN(Cc2ccccc2)C1. The van der Waals surface area contributed by atoms with Crippen molar-refractivity contribution in [3.63, 3.8) is 0 Å². The van der Waals surface area contributed by atoms with Gasteiger partial charge in [-0.3, -0.25) is 39.4 Å². The second-order valence-corrected chi connectivity index (χ2v) is 30.3. The van der Waals surface area contributed by atoms with E-state index in [9.17, 15) is 14.4 Å². The minimum Gasteiger partial charge on any atom is -0.444 e. The first-order valence-corrected chi connectivity index (χ1v) is 38.7. The molecule has 0 spiro atoms. The first kappa shape index (κ1) is 76.9. The van der Waals surface area contributed by atoms with Gasteiger partial charge in [0, 0.05) is 158 Å². The Hall–Kier alpha value is -10.3. The molecule has 3 amide bonds. The van der Waals surface area contributed by atoms with Crippen molar-refractivity contribution in [3.05, 3.63) is 215 Å². The molecule has 0 bridgehead atoms. The van der Waals surface area contributed by atoms with E-state index >= 15 is 0 Å². The zero-order valence-electron chi connectivity index (χ0n) is 64.9. The highest BCUT2D eigenvalue weighted by Gasteiger charge is 2.33. The minimum absolute atomic E-state index is 0.0601. The number of carbonyl (C=O) groups is 3. The molecule has 4 fully saturated rings. The number of rotatable bonds is 22. The molecule has 11 aromatic rings.